The lowest BCUT2D eigenvalue weighted by atomic mass is 9.82. The second kappa shape index (κ2) is 5.98. The quantitative estimate of drug-likeness (QED) is 0.766. The fourth-order valence-corrected chi connectivity index (χ4v) is 2.46. The lowest BCUT2D eigenvalue weighted by Crippen LogP contribution is -2.59. The van der Waals surface area contributed by atoms with Gasteiger partial charge in [-0.2, -0.15) is 0 Å². The highest BCUT2D eigenvalue weighted by atomic mass is 79.9. The predicted octanol–water partition coefficient (Wildman–Crippen LogP) is 2.20. The van der Waals surface area contributed by atoms with Crippen molar-refractivity contribution in [3.63, 3.8) is 0 Å². The Hall–Kier alpha value is -1.86. The van der Waals surface area contributed by atoms with Crippen LogP contribution < -0.4 is 5.43 Å². The van der Waals surface area contributed by atoms with Crippen LogP contribution in [0.2, 0.25) is 0 Å². The molecule has 1 heterocycles. The highest BCUT2D eigenvalue weighted by Gasteiger charge is 2.51. The first-order valence-corrected chi connectivity index (χ1v) is 7.80. The molecule has 0 saturated carbocycles. The number of carbonyl (C=O) groups is 2. The average molecular weight is 383 g/mol. The van der Waals surface area contributed by atoms with E-state index in [1.165, 1.54) is 13.2 Å². The molecule has 1 aromatic carbocycles. The van der Waals surface area contributed by atoms with Gasteiger partial charge in [0.1, 0.15) is 5.70 Å². The van der Waals surface area contributed by atoms with Gasteiger partial charge in [-0.15, -0.1) is 0 Å². The predicted molar refractivity (Wildman–Crippen MR) is 88.0 cm³/mol. The lowest BCUT2D eigenvalue weighted by molar-refractivity contribution is -0.138. The van der Waals surface area contributed by atoms with Gasteiger partial charge in [0.2, 0.25) is 0 Å². The van der Waals surface area contributed by atoms with Crippen molar-refractivity contribution in [2.45, 2.75) is 26.5 Å². The van der Waals surface area contributed by atoms with Crippen molar-refractivity contribution in [1.82, 2.24) is 10.4 Å². The van der Waals surface area contributed by atoms with Crippen molar-refractivity contribution in [1.29, 1.82) is 0 Å². The molecule has 1 amide bonds. The van der Waals surface area contributed by atoms with Crippen LogP contribution in [0.25, 0.3) is 0 Å². The molecule has 1 aliphatic rings. The number of aliphatic hydroxyl groups is 1. The molecule has 2 rings (SSSR count). The van der Waals surface area contributed by atoms with Crippen molar-refractivity contribution in [3.05, 3.63) is 46.1 Å². The summed E-state index contributed by atoms with van der Waals surface area (Å²) in [7, 11) is 1.24. The van der Waals surface area contributed by atoms with Gasteiger partial charge in [-0.05, 0) is 24.3 Å². The van der Waals surface area contributed by atoms with E-state index in [4.69, 9.17) is 0 Å². The number of benzene rings is 1. The zero-order chi connectivity index (χ0) is 17.4. The molecule has 7 heteroatoms. The molecular formula is C16H19BrN2O4. The third kappa shape index (κ3) is 3.11. The number of halogens is 1. The van der Waals surface area contributed by atoms with E-state index < -0.39 is 23.0 Å². The Bertz CT molecular complexity index is 664. The van der Waals surface area contributed by atoms with Gasteiger partial charge in [-0.25, -0.2) is 9.80 Å². The first-order chi connectivity index (χ1) is 10.6. The van der Waals surface area contributed by atoms with Crippen LogP contribution >= 0.6 is 15.9 Å². The number of hydrogen-bond acceptors (Lipinski definition) is 5. The Labute approximate surface area is 143 Å². The molecule has 0 aromatic heterocycles. The van der Waals surface area contributed by atoms with E-state index in [9.17, 15) is 14.7 Å². The van der Waals surface area contributed by atoms with E-state index in [0.717, 1.165) is 9.48 Å². The number of ether oxygens (including phenoxy) is 1. The normalized spacial score (nSPS) is 20.8. The molecule has 0 aliphatic carbocycles. The zero-order valence-electron chi connectivity index (χ0n) is 13.4. The van der Waals surface area contributed by atoms with Crippen LogP contribution in [-0.4, -0.2) is 34.8 Å². The molecule has 23 heavy (non-hydrogen) atoms. The number of hydrazine groups is 1. The molecule has 0 fully saturated rings. The number of methoxy groups -OCH3 is 1. The molecule has 1 atom stereocenters. The summed E-state index contributed by atoms with van der Waals surface area (Å²) in [6.07, 6.45) is 1.32. The maximum Gasteiger partial charge on any atom is 0.355 e. The van der Waals surface area contributed by atoms with E-state index in [1.807, 2.05) is 0 Å². The van der Waals surface area contributed by atoms with Crippen LogP contribution in [0.15, 0.2) is 40.5 Å². The minimum atomic E-state index is -1.68. The van der Waals surface area contributed by atoms with E-state index in [1.54, 1.807) is 45.0 Å². The highest BCUT2D eigenvalue weighted by Crippen LogP contribution is 2.38. The molecule has 0 bridgehead atoms. The molecule has 1 aliphatic heterocycles. The summed E-state index contributed by atoms with van der Waals surface area (Å²) in [5, 5.41) is 12.1. The average Bonchev–Trinajstić information content (AvgIpc) is 2.85. The molecule has 124 valence electrons. The molecule has 0 radical (unpaired) electrons. The fraction of sp³-hybridized carbons (Fsp3) is 0.375. The van der Waals surface area contributed by atoms with Gasteiger partial charge < -0.3 is 9.84 Å². The Balaban J connectivity index is 2.42. The van der Waals surface area contributed by atoms with Crippen LogP contribution in [0.5, 0.6) is 0 Å². The maximum absolute atomic E-state index is 12.8. The van der Waals surface area contributed by atoms with Crippen LogP contribution in [0.4, 0.5) is 0 Å². The Morgan fingerprint density at radius 1 is 1.26 bits per heavy atom. The number of carbonyl (C=O) groups excluding carboxylic acids is 2. The SMILES string of the molecule is COC(=O)C1=C[C@](O)(C(C)(C)C)N(C(=O)c2ccc(Br)cc2)N1. The summed E-state index contributed by atoms with van der Waals surface area (Å²) < 4.78 is 5.50. The summed E-state index contributed by atoms with van der Waals surface area (Å²) in [4.78, 5) is 24.5. The Morgan fingerprint density at radius 3 is 2.30 bits per heavy atom. The molecule has 1 aromatic rings. The van der Waals surface area contributed by atoms with Crippen molar-refractivity contribution in [3.8, 4) is 0 Å². The van der Waals surface area contributed by atoms with Crippen LogP contribution in [0.1, 0.15) is 31.1 Å². The summed E-state index contributed by atoms with van der Waals surface area (Å²) in [6.45, 7) is 5.31. The Morgan fingerprint density at radius 2 is 1.83 bits per heavy atom. The zero-order valence-corrected chi connectivity index (χ0v) is 15.0. The minimum Gasteiger partial charge on any atom is -0.464 e. The van der Waals surface area contributed by atoms with E-state index in [0.29, 0.717) is 5.56 Å². The molecular weight excluding hydrogens is 364 g/mol. The van der Waals surface area contributed by atoms with Crippen LogP contribution in [0.3, 0.4) is 0 Å². The lowest BCUT2D eigenvalue weighted by Gasteiger charge is -2.41. The molecule has 6 nitrogen and oxygen atoms in total. The third-order valence-corrected chi connectivity index (χ3v) is 4.25. The summed E-state index contributed by atoms with van der Waals surface area (Å²) in [5.41, 5.74) is 0.646. The standard InChI is InChI=1S/C16H19BrN2O4/c1-15(2,3)16(22)9-12(14(21)23-4)18-19(16)13(20)10-5-7-11(17)8-6-10/h5-9,18,22H,1-4H3/t16-/m0/s1. The van der Waals surface area contributed by atoms with Gasteiger partial charge in [-0.3, -0.25) is 10.2 Å². The smallest absolute Gasteiger partial charge is 0.355 e. The van der Waals surface area contributed by atoms with Crippen LogP contribution in [-0.2, 0) is 9.53 Å². The monoisotopic (exact) mass is 382 g/mol. The van der Waals surface area contributed by atoms with Gasteiger partial charge in [-0.1, -0.05) is 36.7 Å². The van der Waals surface area contributed by atoms with Crippen molar-refractivity contribution >= 4 is 27.8 Å². The first-order valence-electron chi connectivity index (χ1n) is 7.00. The van der Waals surface area contributed by atoms with Crippen molar-refractivity contribution in [2.75, 3.05) is 7.11 Å². The molecule has 0 spiro atoms. The summed E-state index contributed by atoms with van der Waals surface area (Å²) in [5.74, 6) is -1.11. The number of hydrogen-bond donors (Lipinski definition) is 2. The number of nitrogens with zero attached hydrogens (tertiary/aromatic N) is 1. The van der Waals surface area contributed by atoms with Crippen LogP contribution in [0, 0.1) is 5.41 Å². The van der Waals surface area contributed by atoms with E-state index in [-0.39, 0.29) is 5.70 Å². The number of amides is 1. The van der Waals surface area contributed by atoms with Crippen molar-refractivity contribution < 1.29 is 19.4 Å². The first kappa shape index (κ1) is 17.5. The fourth-order valence-electron chi connectivity index (χ4n) is 2.20. The van der Waals surface area contributed by atoms with Crippen molar-refractivity contribution in [2.24, 2.45) is 5.41 Å². The minimum absolute atomic E-state index is 0.0235. The topological polar surface area (TPSA) is 78.9 Å². The number of esters is 1. The highest BCUT2D eigenvalue weighted by molar-refractivity contribution is 9.10. The van der Waals surface area contributed by atoms with Gasteiger partial charge in [0.05, 0.1) is 7.11 Å². The Kier molecular flexibility index (Phi) is 4.54. The second-order valence-corrected chi connectivity index (χ2v) is 7.20. The number of nitrogens with one attached hydrogen (secondary N) is 1. The molecule has 2 N–H and O–H groups in total. The van der Waals surface area contributed by atoms with Gasteiger partial charge in [0, 0.05) is 21.5 Å². The summed E-state index contributed by atoms with van der Waals surface area (Å²) in [6, 6.07) is 6.73. The molecule has 0 saturated heterocycles. The largest absolute Gasteiger partial charge is 0.464 e. The third-order valence-electron chi connectivity index (χ3n) is 3.72. The number of rotatable bonds is 2. The summed E-state index contributed by atoms with van der Waals surface area (Å²) >= 11 is 3.31. The van der Waals surface area contributed by atoms with Gasteiger partial charge in [0.15, 0.2) is 5.72 Å². The molecule has 0 unspecified atom stereocenters. The second-order valence-electron chi connectivity index (χ2n) is 6.28. The maximum atomic E-state index is 12.8. The van der Waals surface area contributed by atoms with Gasteiger partial charge in [0.25, 0.3) is 5.91 Å². The van der Waals surface area contributed by atoms with E-state index in [2.05, 4.69) is 26.1 Å². The van der Waals surface area contributed by atoms with E-state index >= 15 is 0 Å². The van der Waals surface area contributed by atoms with Gasteiger partial charge >= 0.3 is 5.97 Å².